The Morgan fingerprint density at radius 3 is 2.32 bits per heavy atom. The molecule has 0 bridgehead atoms. The van der Waals surface area contributed by atoms with Gasteiger partial charge in [0, 0.05) is 17.1 Å². The first kappa shape index (κ1) is 21.3. The molecule has 0 saturated carbocycles. The summed E-state index contributed by atoms with van der Waals surface area (Å²) in [5.74, 6) is -1.66. The van der Waals surface area contributed by atoms with Gasteiger partial charge in [-0.2, -0.15) is 0 Å². The quantitative estimate of drug-likeness (QED) is 0.346. The van der Waals surface area contributed by atoms with E-state index in [0.29, 0.717) is 5.69 Å². The normalized spacial score (nSPS) is 15.6. The number of aliphatic hydroxyl groups excluding tert-OH is 1. The maximum Gasteiger partial charge on any atom is 0.294 e. The van der Waals surface area contributed by atoms with Crippen LogP contribution < -0.4 is 10.2 Å². The predicted molar refractivity (Wildman–Crippen MR) is 130 cm³/mol. The Bertz CT molecular complexity index is 1370. The second-order valence-electron chi connectivity index (χ2n) is 8.10. The molecule has 2 heterocycles. The van der Waals surface area contributed by atoms with Crippen molar-refractivity contribution in [1.29, 1.82) is 0 Å². The molecule has 1 aromatic heterocycles. The van der Waals surface area contributed by atoms with Crippen LogP contribution in [0, 0.1) is 6.92 Å². The average Bonchev–Trinajstić information content (AvgIpc) is 3.48. The fourth-order valence-electron chi connectivity index (χ4n) is 4.19. The fraction of sp³-hybridized carbons (Fsp3) is 0.0714. The van der Waals surface area contributed by atoms with Gasteiger partial charge in [0.2, 0.25) is 5.78 Å². The summed E-state index contributed by atoms with van der Waals surface area (Å²) >= 11 is 0. The first-order chi connectivity index (χ1) is 16.5. The molecule has 6 heteroatoms. The van der Waals surface area contributed by atoms with E-state index in [-0.39, 0.29) is 11.3 Å². The number of ketones is 1. The molecule has 0 fully saturated rings. The number of nitrogens with one attached hydrogen (secondary N) is 1. The van der Waals surface area contributed by atoms with Crippen molar-refractivity contribution in [2.24, 2.45) is 0 Å². The van der Waals surface area contributed by atoms with Crippen LogP contribution in [-0.4, -0.2) is 16.8 Å². The van der Waals surface area contributed by atoms with Gasteiger partial charge in [-0.15, -0.1) is 0 Å². The largest absolute Gasteiger partial charge is 0.503 e. The van der Waals surface area contributed by atoms with Crippen LogP contribution in [0.2, 0.25) is 0 Å². The van der Waals surface area contributed by atoms with E-state index >= 15 is 0 Å². The first-order valence-electron chi connectivity index (χ1n) is 10.9. The van der Waals surface area contributed by atoms with E-state index in [1.165, 1.54) is 17.2 Å². The molecule has 0 saturated heterocycles. The summed E-state index contributed by atoms with van der Waals surface area (Å²) in [5, 5.41) is 14.1. The summed E-state index contributed by atoms with van der Waals surface area (Å²) in [4.78, 5) is 28.0. The number of para-hydroxylation sites is 1. The van der Waals surface area contributed by atoms with Gasteiger partial charge in [0.1, 0.15) is 0 Å². The Morgan fingerprint density at radius 1 is 0.912 bits per heavy atom. The topological polar surface area (TPSA) is 82.8 Å². The van der Waals surface area contributed by atoms with Gasteiger partial charge in [0.15, 0.2) is 11.5 Å². The van der Waals surface area contributed by atoms with Crippen LogP contribution in [0.3, 0.4) is 0 Å². The number of carbonyl (C=O) groups is 2. The number of hydrogen-bond acceptors (Lipinski definition) is 5. The molecule has 0 aliphatic carbocycles. The second-order valence-corrected chi connectivity index (χ2v) is 8.10. The molecule has 34 heavy (non-hydrogen) atoms. The summed E-state index contributed by atoms with van der Waals surface area (Å²) in [6.07, 6.45) is 1.39. The van der Waals surface area contributed by atoms with Gasteiger partial charge in [0.25, 0.3) is 5.91 Å². The van der Waals surface area contributed by atoms with Crippen LogP contribution >= 0.6 is 0 Å². The third-order valence-electron chi connectivity index (χ3n) is 5.76. The maximum atomic E-state index is 13.3. The number of furan rings is 1. The smallest absolute Gasteiger partial charge is 0.294 e. The van der Waals surface area contributed by atoms with Crippen molar-refractivity contribution in [1.82, 2.24) is 0 Å². The zero-order valence-corrected chi connectivity index (χ0v) is 18.4. The molecule has 1 atom stereocenters. The molecule has 168 valence electrons. The number of amides is 1. The zero-order chi connectivity index (χ0) is 23.7. The standard InChI is InChI=1S/C28H22N2O4/c1-18-7-5-8-19(17-18)25-24(26(31)23-11-6-16-34-23)27(32)28(33)30(25)22-14-12-21(13-15-22)29-20-9-3-2-4-10-20/h2-17,25,29,32H,1H3. The van der Waals surface area contributed by atoms with E-state index in [2.05, 4.69) is 5.32 Å². The summed E-state index contributed by atoms with van der Waals surface area (Å²) in [7, 11) is 0. The number of benzene rings is 3. The molecular weight excluding hydrogens is 428 g/mol. The number of anilines is 3. The van der Waals surface area contributed by atoms with E-state index < -0.39 is 23.5 Å². The van der Waals surface area contributed by atoms with E-state index in [4.69, 9.17) is 4.42 Å². The highest BCUT2D eigenvalue weighted by Gasteiger charge is 2.45. The Balaban J connectivity index is 1.54. The van der Waals surface area contributed by atoms with Crippen LogP contribution in [0.5, 0.6) is 0 Å². The van der Waals surface area contributed by atoms with Gasteiger partial charge in [0.05, 0.1) is 17.9 Å². The third-order valence-corrected chi connectivity index (χ3v) is 5.76. The molecule has 0 spiro atoms. The lowest BCUT2D eigenvalue weighted by Crippen LogP contribution is -2.31. The molecule has 4 aromatic rings. The minimum Gasteiger partial charge on any atom is -0.503 e. The summed E-state index contributed by atoms with van der Waals surface area (Å²) < 4.78 is 5.28. The van der Waals surface area contributed by atoms with E-state index in [1.54, 1.807) is 18.2 Å². The van der Waals surface area contributed by atoms with Gasteiger partial charge in [-0.25, -0.2) is 0 Å². The maximum absolute atomic E-state index is 13.3. The lowest BCUT2D eigenvalue weighted by atomic mass is 9.94. The Morgan fingerprint density at radius 2 is 1.65 bits per heavy atom. The number of nitrogens with zero attached hydrogens (tertiary/aromatic N) is 1. The van der Waals surface area contributed by atoms with Gasteiger partial charge < -0.3 is 14.8 Å². The van der Waals surface area contributed by atoms with Gasteiger partial charge >= 0.3 is 0 Å². The van der Waals surface area contributed by atoms with Crippen molar-refractivity contribution in [2.45, 2.75) is 13.0 Å². The van der Waals surface area contributed by atoms with Crippen molar-refractivity contribution in [3.05, 3.63) is 125 Å². The Labute approximate surface area is 196 Å². The third kappa shape index (κ3) is 3.86. The number of Topliss-reactive ketones (excluding diaryl/α,β-unsaturated/α-hetero) is 1. The molecule has 1 aliphatic rings. The highest BCUT2D eigenvalue weighted by Crippen LogP contribution is 2.42. The number of aryl methyl sites for hydroxylation is 1. The molecular formula is C28H22N2O4. The van der Waals surface area contributed by atoms with Crippen LogP contribution in [0.25, 0.3) is 0 Å². The first-order valence-corrected chi connectivity index (χ1v) is 10.9. The number of carbonyl (C=O) groups excluding carboxylic acids is 2. The highest BCUT2D eigenvalue weighted by molar-refractivity contribution is 6.20. The molecule has 3 aromatic carbocycles. The molecule has 1 aliphatic heterocycles. The van der Waals surface area contributed by atoms with Crippen LogP contribution in [0.15, 0.2) is 113 Å². The Kier molecular flexibility index (Phi) is 5.47. The van der Waals surface area contributed by atoms with Crippen LogP contribution in [-0.2, 0) is 4.79 Å². The van der Waals surface area contributed by atoms with E-state index in [0.717, 1.165) is 22.5 Å². The van der Waals surface area contributed by atoms with Gasteiger partial charge in [-0.1, -0.05) is 48.0 Å². The van der Waals surface area contributed by atoms with E-state index in [1.807, 2.05) is 73.7 Å². The minimum absolute atomic E-state index is 0.00274. The van der Waals surface area contributed by atoms with Crippen molar-refractivity contribution in [3.63, 3.8) is 0 Å². The van der Waals surface area contributed by atoms with Crippen molar-refractivity contribution in [2.75, 3.05) is 10.2 Å². The summed E-state index contributed by atoms with van der Waals surface area (Å²) in [6, 6.07) is 26.9. The number of aliphatic hydroxyl groups is 1. The second kappa shape index (κ2) is 8.75. The monoisotopic (exact) mass is 450 g/mol. The Hall–Kier alpha value is -4.58. The zero-order valence-electron chi connectivity index (χ0n) is 18.4. The molecule has 5 rings (SSSR count). The average molecular weight is 450 g/mol. The SMILES string of the molecule is Cc1cccc(C2C(C(=O)c3ccco3)=C(O)C(=O)N2c2ccc(Nc3ccccc3)cc2)c1. The van der Waals surface area contributed by atoms with Gasteiger partial charge in [-0.3, -0.25) is 14.5 Å². The van der Waals surface area contributed by atoms with Crippen molar-refractivity contribution < 1.29 is 19.1 Å². The van der Waals surface area contributed by atoms with Gasteiger partial charge in [-0.05, 0) is 61.0 Å². The highest BCUT2D eigenvalue weighted by atomic mass is 16.3. The minimum atomic E-state index is -0.794. The van der Waals surface area contributed by atoms with E-state index in [9.17, 15) is 14.7 Å². The molecule has 1 unspecified atom stereocenters. The molecule has 1 amide bonds. The number of rotatable bonds is 6. The summed E-state index contributed by atoms with van der Waals surface area (Å²) in [5.41, 5.74) is 4.04. The lowest BCUT2D eigenvalue weighted by Gasteiger charge is -2.27. The van der Waals surface area contributed by atoms with Crippen LogP contribution in [0.4, 0.5) is 17.1 Å². The summed E-state index contributed by atoms with van der Waals surface area (Å²) in [6.45, 7) is 1.94. The molecule has 0 radical (unpaired) electrons. The molecule has 6 nitrogen and oxygen atoms in total. The number of hydrogen-bond donors (Lipinski definition) is 2. The molecule has 2 N–H and O–H groups in total. The van der Waals surface area contributed by atoms with Crippen LogP contribution in [0.1, 0.15) is 27.7 Å². The fourth-order valence-corrected chi connectivity index (χ4v) is 4.19. The predicted octanol–water partition coefficient (Wildman–Crippen LogP) is 6.11. The lowest BCUT2D eigenvalue weighted by molar-refractivity contribution is -0.117. The van der Waals surface area contributed by atoms with Crippen molar-refractivity contribution >= 4 is 28.8 Å². The van der Waals surface area contributed by atoms with Crippen molar-refractivity contribution in [3.8, 4) is 0 Å².